The van der Waals surface area contributed by atoms with Gasteiger partial charge in [-0.05, 0) is 56.3 Å². The van der Waals surface area contributed by atoms with Gasteiger partial charge in [-0.1, -0.05) is 17.7 Å². The van der Waals surface area contributed by atoms with Crippen molar-refractivity contribution in [2.24, 2.45) is 0 Å². The molecule has 3 rings (SSSR count). The zero-order valence-electron chi connectivity index (χ0n) is 14.5. The van der Waals surface area contributed by atoms with Crippen LogP contribution in [0.4, 0.5) is 0 Å². The number of nitrogens with zero attached hydrogens (tertiary/aromatic N) is 2. The largest absolute Gasteiger partial charge is 0.476 e. The molecule has 1 aromatic carbocycles. The summed E-state index contributed by atoms with van der Waals surface area (Å²) in [5.74, 6) is 0.402. The summed E-state index contributed by atoms with van der Waals surface area (Å²) in [5.41, 5.74) is 2.89. The summed E-state index contributed by atoms with van der Waals surface area (Å²) in [7, 11) is 3.97. The van der Waals surface area contributed by atoms with E-state index in [4.69, 9.17) is 16.3 Å². The van der Waals surface area contributed by atoms with E-state index in [-0.39, 0.29) is 11.9 Å². The first-order valence-electron chi connectivity index (χ1n) is 8.35. The summed E-state index contributed by atoms with van der Waals surface area (Å²) in [6, 6.07) is 9.33. The summed E-state index contributed by atoms with van der Waals surface area (Å²) in [5, 5.41) is 3.81. The van der Waals surface area contributed by atoms with E-state index in [0.29, 0.717) is 18.1 Å². The Morgan fingerprint density at radius 3 is 2.92 bits per heavy atom. The predicted octanol–water partition coefficient (Wildman–Crippen LogP) is 3.09. The van der Waals surface area contributed by atoms with Crippen molar-refractivity contribution in [1.29, 1.82) is 0 Å². The van der Waals surface area contributed by atoms with E-state index in [1.54, 1.807) is 18.3 Å². The summed E-state index contributed by atoms with van der Waals surface area (Å²) in [6.45, 7) is 1.38. The molecule has 1 aliphatic carbocycles. The highest BCUT2D eigenvalue weighted by Gasteiger charge is 2.24. The normalized spacial score (nSPS) is 15.9. The number of ether oxygens (including phenoxy) is 1. The fourth-order valence-electron chi connectivity index (χ4n) is 2.91. The highest BCUT2D eigenvalue weighted by molar-refractivity contribution is 6.30. The standard InChI is InChI=1S/C19H22ClN3O2/c1-23(2)9-10-25-18-8-4-14(12-21-18)19(24)22-17-7-3-13-11-15(20)5-6-16(13)17/h4-6,8,11-12,17H,3,7,9-10H2,1-2H3,(H,22,24)/t17-/m1/s1. The molecule has 1 N–H and O–H groups in total. The number of amides is 1. The van der Waals surface area contributed by atoms with Crippen molar-refractivity contribution in [2.45, 2.75) is 18.9 Å². The number of carbonyl (C=O) groups is 1. The highest BCUT2D eigenvalue weighted by Crippen LogP contribution is 2.33. The van der Waals surface area contributed by atoms with Crippen molar-refractivity contribution in [3.05, 3.63) is 58.2 Å². The molecule has 0 saturated heterocycles. The molecule has 5 nitrogen and oxygen atoms in total. The van der Waals surface area contributed by atoms with Gasteiger partial charge in [-0.25, -0.2) is 4.98 Å². The fourth-order valence-corrected chi connectivity index (χ4v) is 3.11. The zero-order chi connectivity index (χ0) is 17.8. The number of aryl methyl sites for hydroxylation is 1. The fraction of sp³-hybridized carbons (Fsp3) is 0.368. The molecule has 1 aliphatic rings. The number of likely N-dealkylation sites (N-methyl/N-ethyl adjacent to an activating group) is 1. The predicted molar refractivity (Wildman–Crippen MR) is 98.3 cm³/mol. The van der Waals surface area contributed by atoms with Crippen LogP contribution in [-0.2, 0) is 6.42 Å². The Labute approximate surface area is 153 Å². The molecular formula is C19H22ClN3O2. The van der Waals surface area contributed by atoms with Gasteiger partial charge in [0.2, 0.25) is 5.88 Å². The monoisotopic (exact) mass is 359 g/mol. The van der Waals surface area contributed by atoms with Gasteiger partial charge in [0.1, 0.15) is 6.61 Å². The van der Waals surface area contributed by atoms with Gasteiger partial charge in [0, 0.05) is 23.8 Å². The minimum Gasteiger partial charge on any atom is -0.476 e. The molecular weight excluding hydrogens is 338 g/mol. The molecule has 1 amide bonds. The number of benzene rings is 1. The molecule has 1 heterocycles. The number of pyridine rings is 1. The van der Waals surface area contributed by atoms with Crippen molar-refractivity contribution >= 4 is 17.5 Å². The first kappa shape index (κ1) is 17.7. The second-order valence-electron chi connectivity index (χ2n) is 6.44. The van der Waals surface area contributed by atoms with Crippen LogP contribution in [-0.4, -0.2) is 43.0 Å². The lowest BCUT2D eigenvalue weighted by atomic mass is 10.1. The Kier molecular flexibility index (Phi) is 5.56. The molecule has 0 spiro atoms. The quantitative estimate of drug-likeness (QED) is 0.861. The number of hydrogen-bond acceptors (Lipinski definition) is 4. The summed E-state index contributed by atoms with van der Waals surface area (Å²) >= 11 is 6.03. The Bertz CT molecular complexity index is 747. The van der Waals surface area contributed by atoms with Crippen molar-refractivity contribution in [3.8, 4) is 5.88 Å². The maximum Gasteiger partial charge on any atom is 0.253 e. The third kappa shape index (κ3) is 4.50. The number of aromatic nitrogens is 1. The maximum absolute atomic E-state index is 12.5. The first-order valence-corrected chi connectivity index (χ1v) is 8.73. The summed E-state index contributed by atoms with van der Waals surface area (Å²) in [4.78, 5) is 18.7. The molecule has 1 atom stereocenters. The van der Waals surface area contributed by atoms with Crippen LogP contribution in [0.25, 0.3) is 0 Å². The lowest BCUT2D eigenvalue weighted by Gasteiger charge is -2.14. The molecule has 0 aliphatic heterocycles. The maximum atomic E-state index is 12.5. The number of nitrogens with one attached hydrogen (secondary N) is 1. The number of halogens is 1. The molecule has 25 heavy (non-hydrogen) atoms. The van der Waals surface area contributed by atoms with E-state index in [1.807, 2.05) is 37.2 Å². The van der Waals surface area contributed by atoms with Gasteiger partial charge in [0.25, 0.3) is 5.91 Å². The molecule has 0 radical (unpaired) electrons. The molecule has 0 fully saturated rings. The number of rotatable bonds is 6. The van der Waals surface area contributed by atoms with Gasteiger partial charge in [0.05, 0.1) is 11.6 Å². The van der Waals surface area contributed by atoms with Crippen molar-refractivity contribution in [2.75, 3.05) is 27.2 Å². The third-order valence-electron chi connectivity index (χ3n) is 4.28. The zero-order valence-corrected chi connectivity index (χ0v) is 15.2. The molecule has 2 aromatic rings. The highest BCUT2D eigenvalue weighted by atomic mass is 35.5. The van der Waals surface area contributed by atoms with Crippen LogP contribution in [0.3, 0.4) is 0 Å². The molecule has 6 heteroatoms. The van der Waals surface area contributed by atoms with Crippen LogP contribution in [0.1, 0.15) is 33.9 Å². The molecule has 0 bridgehead atoms. The molecule has 1 aromatic heterocycles. The van der Waals surface area contributed by atoms with Crippen LogP contribution < -0.4 is 10.1 Å². The Morgan fingerprint density at radius 1 is 1.36 bits per heavy atom. The number of hydrogen-bond donors (Lipinski definition) is 1. The van der Waals surface area contributed by atoms with Crippen LogP contribution >= 0.6 is 11.6 Å². The van der Waals surface area contributed by atoms with Gasteiger partial charge in [-0.15, -0.1) is 0 Å². The van der Waals surface area contributed by atoms with E-state index < -0.39 is 0 Å². The van der Waals surface area contributed by atoms with Gasteiger partial charge < -0.3 is 15.0 Å². The van der Waals surface area contributed by atoms with Crippen LogP contribution in [0, 0.1) is 0 Å². The van der Waals surface area contributed by atoms with Crippen LogP contribution in [0.5, 0.6) is 5.88 Å². The number of fused-ring (bicyclic) bond motifs is 1. The number of carbonyl (C=O) groups excluding carboxylic acids is 1. The minimum atomic E-state index is -0.125. The second kappa shape index (κ2) is 7.85. The van der Waals surface area contributed by atoms with E-state index in [2.05, 4.69) is 10.3 Å². The lowest BCUT2D eigenvalue weighted by Crippen LogP contribution is -2.27. The van der Waals surface area contributed by atoms with Crippen molar-refractivity contribution in [1.82, 2.24) is 15.2 Å². The Morgan fingerprint density at radius 2 is 2.20 bits per heavy atom. The van der Waals surface area contributed by atoms with Crippen molar-refractivity contribution < 1.29 is 9.53 Å². The molecule has 0 unspecified atom stereocenters. The average molecular weight is 360 g/mol. The minimum absolute atomic E-state index is 0.0239. The summed E-state index contributed by atoms with van der Waals surface area (Å²) in [6.07, 6.45) is 3.37. The Hall–Kier alpha value is -2.11. The van der Waals surface area contributed by atoms with E-state index in [0.717, 1.165) is 30.0 Å². The van der Waals surface area contributed by atoms with Gasteiger partial charge in [0.15, 0.2) is 0 Å². The molecule has 0 saturated carbocycles. The van der Waals surface area contributed by atoms with Crippen LogP contribution in [0.2, 0.25) is 5.02 Å². The van der Waals surface area contributed by atoms with Gasteiger partial charge >= 0.3 is 0 Å². The second-order valence-corrected chi connectivity index (χ2v) is 6.88. The smallest absolute Gasteiger partial charge is 0.253 e. The van der Waals surface area contributed by atoms with E-state index >= 15 is 0 Å². The molecule has 132 valence electrons. The van der Waals surface area contributed by atoms with Crippen molar-refractivity contribution in [3.63, 3.8) is 0 Å². The SMILES string of the molecule is CN(C)CCOc1ccc(C(=O)N[C@@H]2CCc3cc(Cl)ccc32)cn1. The first-order chi connectivity index (χ1) is 12.0. The summed E-state index contributed by atoms with van der Waals surface area (Å²) < 4.78 is 5.55. The topological polar surface area (TPSA) is 54.5 Å². The van der Waals surface area contributed by atoms with Gasteiger partial charge in [-0.2, -0.15) is 0 Å². The third-order valence-corrected chi connectivity index (χ3v) is 4.51. The Balaban J connectivity index is 1.59. The average Bonchev–Trinajstić information content (AvgIpc) is 2.97. The van der Waals surface area contributed by atoms with E-state index in [1.165, 1.54) is 5.56 Å². The van der Waals surface area contributed by atoms with Gasteiger partial charge in [-0.3, -0.25) is 4.79 Å². The van der Waals surface area contributed by atoms with E-state index in [9.17, 15) is 4.79 Å². The lowest BCUT2D eigenvalue weighted by molar-refractivity contribution is 0.0936. The van der Waals surface area contributed by atoms with Crippen LogP contribution in [0.15, 0.2) is 36.5 Å².